The van der Waals surface area contributed by atoms with Gasteiger partial charge in [-0.3, -0.25) is 4.79 Å². The van der Waals surface area contributed by atoms with Gasteiger partial charge in [-0.1, -0.05) is 12.2 Å². The number of rotatable bonds is 0. The quantitative estimate of drug-likeness (QED) is 0.417. The smallest absolute Gasteiger partial charge is 0.142 e. The molecule has 0 spiro atoms. The van der Waals surface area contributed by atoms with Crippen LogP contribution in [0.25, 0.3) is 0 Å². The van der Waals surface area contributed by atoms with Crippen molar-refractivity contribution in [3.63, 3.8) is 0 Å². The fourth-order valence-electron chi connectivity index (χ4n) is 0.388. The number of Topliss-reactive ketones (excluding diaryl/α,β-unsaturated/α-hetero) is 1. The molecule has 0 N–H and O–H groups in total. The van der Waals surface area contributed by atoms with Gasteiger partial charge < -0.3 is 0 Å². The van der Waals surface area contributed by atoms with Crippen LogP contribution >= 0.6 is 12.2 Å². The normalized spacial score (nSPS) is 20.7. The van der Waals surface area contributed by atoms with Gasteiger partial charge in [0.25, 0.3) is 0 Å². The third-order valence-corrected chi connectivity index (χ3v) is 1.08. The van der Waals surface area contributed by atoms with Crippen molar-refractivity contribution in [2.45, 2.75) is 12.8 Å². The van der Waals surface area contributed by atoms with Gasteiger partial charge in [-0.05, 0) is 0 Å². The first-order valence-electron chi connectivity index (χ1n) is 1.82. The lowest BCUT2D eigenvalue weighted by molar-refractivity contribution is -0.118. The van der Waals surface area contributed by atoms with E-state index in [1.807, 2.05) is 0 Å². The van der Waals surface area contributed by atoms with Crippen molar-refractivity contribution in [1.29, 1.82) is 0 Å². The highest BCUT2D eigenvalue weighted by atomic mass is 32.1. The molecule has 0 bridgehead atoms. The largest absolute Gasteiger partial charge is 0.299 e. The summed E-state index contributed by atoms with van der Waals surface area (Å²) in [6.07, 6.45) is 1.13. The van der Waals surface area contributed by atoms with Crippen LogP contribution in [-0.2, 0) is 4.79 Å². The molecule has 0 amide bonds. The first-order chi connectivity index (χ1) is 2.79. The maximum absolute atomic E-state index is 10.0. The molecule has 1 nitrogen and oxygen atoms in total. The number of ketones is 1. The van der Waals surface area contributed by atoms with E-state index >= 15 is 0 Å². The van der Waals surface area contributed by atoms with Crippen LogP contribution in [0, 0.1) is 0 Å². The molecule has 0 aromatic heterocycles. The van der Waals surface area contributed by atoms with Crippen molar-refractivity contribution in [3.05, 3.63) is 0 Å². The Balaban J connectivity index is 2.47. The summed E-state index contributed by atoms with van der Waals surface area (Å²) >= 11 is 4.64. The lowest BCUT2D eigenvalue weighted by Crippen LogP contribution is -2.20. The van der Waals surface area contributed by atoms with Crippen molar-refractivity contribution in [1.82, 2.24) is 0 Å². The van der Waals surface area contributed by atoms with Crippen molar-refractivity contribution in [2.24, 2.45) is 0 Å². The topological polar surface area (TPSA) is 17.1 Å². The first-order valence-corrected chi connectivity index (χ1v) is 2.23. The zero-order valence-electron chi connectivity index (χ0n) is 3.23. The Morgan fingerprint density at radius 1 is 1.50 bits per heavy atom. The van der Waals surface area contributed by atoms with E-state index in [9.17, 15) is 4.79 Å². The molecule has 32 valence electrons. The summed E-state index contributed by atoms with van der Waals surface area (Å²) in [5, 5.41) is 0. The van der Waals surface area contributed by atoms with Crippen LogP contribution in [0.4, 0.5) is 0 Å². The maximum Gasteiger partial charge on any atom is 0.142 e. The number of carbonyl (C=O) groups is 1. The van der Waals surface area contributed by atoms with E-state index in [1.165, 1.54) is 0 Å². The van der Waals surface area contributed by atoms with Gasteiger partial charge in [0.2, 0.25) is 0 Å². The lowest BCUT2D eigenvalue weighted by Gasteiger charge is -2.08. The second kappa shape index (κ2) is 1.12. The molecule has 1 saturated carbocycles. The summed E-state index contributed by atoms with van der Waals surface area (Å²) in [6.45, 7) is 0. The second-order valence-corrected chi connectivity index (χ2v) is 2.01. The molecule has 0 aliphatic heterocycles. The fraction of sp³-hybridized carbons (Fsp3) is 0.500. The molecule has 0 unspecified atom stereocenters. The third-order valence-electron chi connectivity index (χ3n) is 0.789. The Bertz CT molecular complexity index is 84.1. The van der Waals surface area contributed by atoms with Gasteiger partial charge in [0.15, 0.2) is 0 Å². The van der Waals surface area contributed by atoms with Gasteiger partial charge in [-0.15, -0.1) is 0 Å². The zero-order chi connectivity index (χ0) is 4.57. The predicted molar refractivity (Wildman–Crippen MR) is 26.8 cm³/mol. The fourth-order valence-corrected chi connectivity index (χ4v) is 0.710. The summed E-state index contributed by atoms with van der Waals surface area (Å²) in [7, 11) is 0. The summed E-state index contributed by atoms with van der Waals surface area (Å²) in [6, 6.07) is 0. The van der Waals surface area contributed by atoms with Crippen molar-refractivity contribution in [2.75, 3.05) is 0 Å². The minimum atomic E-state index is 0.292. The summed E-state index contributed by atoms with van der Waals surface area (Å²) < 4.78 is 0. The van der Waals surface area contributed by atoms with E-state index in [-0.39, 0.29) is 0 Å². The molecule has 1 fully saturated rings. The molecular formula is C4H4OS. The molecule has 0 atom stereocenters. The molecule has 1 rings (SSSR count). The monoisotopic (exact) mass is 100.0 g/mol. The van der Waals surface area contributed by atoms with Crippen LogP contribution in [0.5, 0.6) is 0 Å². The van der Waals surface area contributed by atoms with Gasteiger partial charge in [0, 0.05) is 17.7 Å². The lowest BCUT2D eigenvalue weighted by atomic mass is 9.99. The highest BCUT2D eigenvalue weighted by molar-refractivity contribution is 7.80. The molecule has 1 aliphatic carbocycles. The second-order valence-electron chi connectivity index (χ2n) is 1.43. The van der Waals surface area contributed by atoms with Crippen LogP contribution < -0.4 is 0 Å². The highest BCUT2D eigenvalue weighted by Gasteiger charge is 2.17. The molecule has 0 radical (unpaired) electrons. The number of hydrogen-bond donors (Lipinski definition) is 0. The SMILES string of the molecule is O=C1CC(=S)C1. The molecule has 6 heavy (non-hydrogen) atoms. The number of thiocarbonyl (C=S) groups is 1. The van der Waals surface area contributed by atoms with Crippen molar-refractivity contribution < 1.29 is 4.79 Å². The van der Waals surface area contributed by atoms with Gasteiger partial charge in [-0.25, -0.2) is 0 Å². The Hall–Kier alpha value is -0.240. The maximum atomic E-state index is 10.0. The molecule has 0 heterocycles. The molecule has 0 aromatic carbocycles. The van der Waals surface area contributed by atoms with E-state index in [4.69, 9.17) is 0 Å². The van der Waals surface area contributed by atoms with E-state index in [2.05, 4.69) is 12.2 Å². The summed E-state index contributed by atoms with van der Waals surface area (Å²) in [5.74, 6) is 0.292. The minimum absolute atomic E-state index is 0.292. The first kappa shape index (κ1) is 3.93. The molecule has 2 heteroatoms. The van der Waals surface area contributed by atoms with Crippen molar-refractivity contribution in [3.8, 4) is 0 Å². The summed E-state index contributed by atoms with van der Waals surface area (Å²) in [5.41, 5.74) is 0. The van der Waals surface area contributed by atoms with Crippen LogP contribution in [0.1, 0.15) is 12.8 Å². The molecule has 1 aliphatic rings. The zero-order valence-corrected chi connectivity index (χ0v) is 4.05. The Morgan fingerprint density at radius 2 is 2.00 bits per heavy atom. The summed E-state index contributed by atoms with van der Waals surface area (Å²) in [4.78, 5) is 10.9. The van der Waals surface area contributed by atoms with Gasteiger partial charge >= 0.3 is 0 Å². The molecular weight excluding hydrogens is 96.1 g/mol. The van der Waals surface area contributed by atoms with Crippen LogP contribution in [0.2, 0.25) is 0 Å². The van der Waals surface area contributed by atoms with E-state index in [0.717, 1.165) is 4.86 Å². The Kier molecular flexibility index (Phi) is 0.733. The van der Waals surface area contributed by atoms with Crippen LogP contribution in [0.15, 0.2) is 0 Å². The van der Waals surface area contributed by atoms with E-state index in [0.29, 0.717) is 18.6 Å². The van der Waals surface area contributed by atoms with Gasteiger partial charge in [0.05, 0.1) is 0 Å². The highest BCUT2D eigenvalue weighted by Crippen LogP contribution is 2.08. The van der Waals surface area contributed by atoms with E-state index in [1.54, 1.807) is 0 Å². The standard InChI is InChI=1S/C4H4OS/c5-3-1-4(6)2-3/h1-2H2. The van der Waals surface area contributed by atoms with Crippen LogP contribution in [0.3, 0.4) is 0 Å². The molecule has 0 saturated heterocycles. The molecule has 0 aromatic rings. The minimum Gasteiger partial charge on any atom is -0.299 e. The number of carbonyl (C=O) groups excluding carboxylic acids is 1. The predicted octanol–water partition coefficient (Wildman–Crippen LogP) is 0.719. The Labute approximate surface area is 41.3 Å². The number of hydrogen-bond acceptors (Lipinski definition) is 2. The average molecular weight is 100 g/mol. The van der Waals surface area contributed by atoms with Gasteiger partial charge in [-0.2, -0.15) is 0 Å². The Morgan fingerprint density at radius 3 is 2.00 bits per heavy atom. The van der Waals surface area contributed by atoms with Crippen molar-refractivity contribution >= 4 is 22.9 Å². The van der Waals surface area contributed by atoms with E-state index < -0.39 is 0 Å². The van der Waals surface area contributed by atoms with Gasteiger partial charge in [0.1, 0.15) is 5.78 Å². The third kappa shape index (κ3) is 0.476. The van der Waals surface area contributed by atoms with Crippen LogP contribution in [-0.4, -0.2) is 10.6 Å². The average Bonchev–Trinajstić information content (AvgIpc) is 1.33.